The van der Waals surface area contributed by atoms with Crippen LogP contribution in [0.4, 0.5) is 0 Å². The number of carbonyl (C=O) groups excluding carboxylic acids is 1. The molecule has 1 heterocycles. The molecule has 0 aliphatic carbocycles. The smallest absolute Gasteiger partial charge is 0.356 e. The van der Waals surface area contributed by atoms with E-state index >= 15 is 0 Å². The summed E-state index contributed by atoms with van der Waals surface area (Å²) in [7, 11) is 4.39. The lowest BCUT2D eigenvalue weighted by Gasteiger charge is -2.14. The average molecular weight is 388 g/mol. The predicted molar refractivity (Wildman–Crippen MR) is 102 cm³/mol. The first-order valence-corrected chi connectivity index (χ1v) is 8.46. The Kier molecular flexibility index (Phi) is 5.66. The number of esters is 1. The van der Waals surface area contributed by atoms with Gasteiger partial charge in [-0.3, -0.25) is 0 Å². The molecule has 0 atom stereocenters. The maximum Gasteiger partial charge on any atom is 0.356 e. The molecule has 0 radical (unpaired) electrons. The standard InChI is InChI=1S/C20H18ClNO5/c1-24-18-8-14-15(9-19(18)25-2)22-16(20(23)26-3)10-17(14)27-11-12-4-6-13(21)7-5-12/h4-10H,11H2,1-3H3. The average Bonchev–Trinajstić information content (AvgIpc) is 2.71. The minimum Gasteiger partial charge on any atom is -0.493 e. The van der Waals surface area contributed by atoms with Crippen LogP contribution < -0.4 is 14.2 Å². The van der Waals surface area contributed by atoms with E-state index in [9.17, 15) is 4.79 Å². The Morgan fingerprint density at radius 1 is 0.963 bits per heavy atom. The lowest BCUT2D eigenvalue weighted by molar-refractivity contribution is 0.0594. The van der Waals surface area contributed by atoms with Crippen molar-refractivity contribution in [1.82, 2.24) is 4.98 Å². The van der Waals surface area contributed by atoms with Crippen molar-refractivity contribution >= 4 is 28.5 Å². The molecule has 1 aromatic heterocycles. The summed E-state index contributed by atoms with van der Waals surface area (Å²) in [6.07, 6.45) is 0. The van der Waals surface area contributed by atoms with Crippen LogP contribution >= 0.6 is 11.6 Å². The van der Waals surface area contributed by atoms with Crippen molar-refractivity contribution in [2.45, 2.75) is 6.61 Å². The molecular weight excluding hydrogens is 370 g/mol. The fourth-order valence-corrected chi connectivity index (χ4v) is 2.72. The van der Waals surface area contributed by atoms with Crippen LogP contribution in [0.15, 0.2) is 42.5 Å². The van der Waals surface area contributed by atoms with Crippen LogP contribution in [0.5, 0.6) is 17.2 Å². The molecule has 0 aliphatic heterocycles. The molecule has 7 heteroatoms. The summed E-state index contributed by atoms with van der Waals surface area (Å²) in [4.78, 5) is 16.3. The van der Waals surface area contributed by atoms with E-state index in [1.807, 2.05) is 12.1 Å². The third-order valence-corrected chi connectivity index (χ3v) is 4.23. The number of carbonyl (C=O) groups is 1. The maximum absolute atomic E-state index is 12.0. The second-order valence-corrected chi connectivity index (χ2v) is 6.07. The summed E-state index contributed by atoms with van der Waals surface area (Å²) in [5, 5.41) is 1.34. The molecule has 3 rings (SSSR count). The third-order valence-electron chi connectivity index (χ3n) is 3.98. The summed E-state index contributed by atoms with van der Waals surface area (Å²) in [5.74, 6) is 0.969. The van der Waals surface area contributed by atoms with Crippen molar-refractivity contribution in [3.05, 3.63) is 58.7 Å². The lowest BCUT2D eigenvalue weighted by atomic mass is 10.1. The van der Waals surface area contributed by atoms with Crippen LogP contribution in [-0.4, -0.2) is 32.3 Å². The Labute approximate surface area is 161 Å². The van der Waals surface area contributed by atoms with Crippen LogP contribution in [0.3, 0.4) is 0 Å². The van der Waals surface area contributed by atoms with Crippen LogP contribution in [-0.2, 0) is 11.3 Å². The summed E-state index contributed by atoms with van der Waals surface area (Å²) >= 11 is 5.91. The van der Waals surface area contributed by atoms with Crippen LogP contribution in [0.2, 0.25) is 5.02 Å². The van der Waals surface area contributed by atoms with Crippen LogP contribution in [0.1, 0.15) is 16.1 Å². The molecular formula is C20H18ClNO5. The van der Waals surface area contributed by atoms with Gasteiger partial charge in [-0.1, -0.05) is 23.7 Å². The van der Waals surface area contributed by atoms with E-state index in [4.69, 9.17) is 30.5 Å². The summed E-state index contributed by atoms with van der Waals surface area (Å²) < 4.78 is 21.4. The van der Waals surface area contributed by atoms with E-state index in [1.165, 1.54) is 14.2 Å². The maximum atomic E-state index is 12.0. The zero-order valence-electron chi connectivity index (χ0n) is 15.1. The first kappa shape index (κ1) is 18.8. The highest BCUT2D eigenvalue weighted by atomic mass is 35.5. The Bertz CT molecular complexity index is 972. The Hall–Kier alpha value is -2.99. The van der Waals surface area contributed by atoms with Crippen molar-refractivity contribution in [3.8, 4) is 17.2 Å². The summed E-state index contributed by atoms with van der Waals surface area (Å²) in [6.45, 7) is 0.297. The molecule has 0 aliphatic rings. The van der Waals surface area contributed by atoms with E-state index in [1.54, 1.807) is 37.4 Å². The molecule has 0 bridgehead atoms. The van der Waals surface area contributed by atoms with Crippen molar-refractivity contribution in [2.24, 2.45) is 0 Å². The van der Waals surface area contributed by atoms with E-state index in [0.717, 1.165) is 5.56 Å². The number of ether oxygens (including phenoxy) is 4. The lowest BCUT2D eigenvalue weighted by Crippen LogP contribution is -2.06. The molecule has 2 aromatic carbocycles. The molecule has 0 amide bonds. The van der Waals surface area contributed by atoms with Gasteiger partial charge in [0.05, 0.1) is 26.8 Å². The molecule has 0 saturated carbocycles. The number of nitrogens with zero attached hydrogens (tertiary/aromatic N) is 1. The fourth-order valence-electron chi connectivity index (χ4n) is 2.59. The van der Waals surface area contributed by atoms with Gasteiger partial charge >= 0.3 is 5.97 Å². The number of benzene rings is 2. The van der Waals surface area contributed by atoms with Crippen molar-refractivity contribution in [1.29, 1.82) is 0 Å². The third kappa shape index (κ3) is 4.06. The predicted octanol–water partition coefficient (Wildman–Crippen LogP) is 4.27. The number of hydrogen-bond acceptors (Lipinski definition) is 6. The minimum atomic E-state index is -0.553. The van der Waals surface area contributed by atoms with Gasteiger partial charge in [0, 0.05) is 22.5 Å². The second kappa shape index (κ2) is 8.14. The molecule has 27 heavy (non-hydrogen) atoms. The molecule has 0 saturated heterocycles. The van der Waals surface area contributed by atoms with Gasteiger partial charge in [-0.25, -0.2) is 9.78 Å². The molecule has 0 N–H and O–H groups in total. The number of fused-ring (bicyclic) bond motifs is 1. The first-order chi connectivity index (χ1) is 13.0. The van der Waals surface area contributed by atoms with Gasteiger partial charge in [-0.2, -0.15) is 0 Å². The largest absolute Gasteiger partial charge is 0.493 e. The number of hydrogen-bond donors (Lipinski definition) is 0. The molecule has 140 valence electrons. The van der Waals surface area contributed by atoms with Gasteiger partial charge in [0.1, 0.15) is 12.4 Å². The number of rotatable bonds is 6. The molecule has 6 nitrogen and oxygen atoms in total. The number of halogens is 1. The van der Waals surface area contributed by atoms with Gasteiger partial charge in [-0.05, 0) is 23.8 Å². The Balaban J connectivity index is 2.06. The highest BCUT2D eigenvalue weighted by Crippen LogP contribution is 2.36. The zero-order chi connectivity index (χ0) is 19.4. The van der Waals surface area contributed by atoms with E-state index in [2.05, 4.69) is 4.98 Å². The van der Waals surface area contributed by atoms with Crippen molar-refractivity contribution < 1.29 is 23.7 Å². The Morgan fingerprint density at radius 3 is 2.26 bits per heavy atom. The topological polar surface area (TPSA) is 66.9 Å². The molecule has 0 spiro atoms. The Morgan fingerprint density at radius 2 is 1.63 bits per heavy atom. The van der Waals surface area contributed by atoms with E-state index in [0.29, 0.717) is 39.8 Å². The molecule has 0 unspecified atom stereocenters. The highest BCUT2D eigenvalue weighted by molar-refractivity contribution is 6.30. The molecule has 0 fully saturated rings. The number of methoxy groups -OCH3 is 3. The summed E-state index contributed by atoms with van der Waals surface area (Å²) in [6, 6.07) is 12.3. The van der Waals surface area contributed by atoms with Crippen LogP contribution in [0, 0.1) is 0 Å². The van der Waals surface area contributed by atoms with Crippen molar-refractivity contribution in [3.63, 3.8) is 0 Å². The monoisotopic (exact) mass is 387 g/mol. The molecule has 3 aromatic rings. The zero-order valence-corrected chi connectivity index (χ0v) is 15.9. The highest BCUT2D eigenvalue weighted by Gasteiger charge is 2.16. The van der Waals surface area contributed by atoms with Gasteiger partial charge in [-0.15, -0.1) is 0 Å². The fraction of sp³-hybridized carbons (Fsp3) is 0.200. The van der Waals surface area contributed by atoms with Gasteiger partial charge in [0.15, 0.2) is 17.2 Å². The van der Waals surface area contributed by atoms with Crippen LogP contribution in [0.25, 0.3) is 10.9 Å². The quantitative estimate of drug-likeness (QED) is 0.588. The van der Waals surface area contributed by atoms with Crippen molar-refractivity contribution in [2.75, 3.05) is 21.3 Å². The van der Waals surface area contributed by atoms with Gasteiger partial charge in [0.2, 0.25) is 0 Å². The first-order valence-electron chi connectivity index (χ1n) is 8.08. The normalized spacial score (nSPS) is 10.5. The SMILES string of the molecule is COC(=O)c1cc(OCc2ccc(Cl)cc2)c2cc(OC)c(OC)cc2n1. The summed E-state index contributed by atoms with van der Waals surface area (Å²) in [5.41, 5.74) is 1.61. The van der Waals surface area contributed by atoms with E-state index in [-0.39, 0.29) is 5.69 Å². The number of aromatic nitrogens is 1. The van der Waals surface area contributed by atoms with Gasteiger partial charge < -0.3 is 18.9 Å². The minimum absolute atomic E-state index is 0.142. The van der Waals surface area contributed by atoms with Gasteiger partial charge in [0.25, 0.3) is 0 Å². The second-order valence-electron chi connectivity index (χ2n) is 5.64. The van der Waals surface area contributed by atoms with E-state index < -0.39 is 5.97 Å². The number of pyridine rings is 1.